The lowest BCUT2D eigenvalue weighted by molar-refractivity contribution is -0.139. The van der Waals surface area contributed by atoms with E-state index in [1.807, 2.05) is 0 Å². The average molecular weight is 208 g/mol. The highest BCUT2D eigenvalue weighted by Crippen LogP contribution is 2.28. The first-order valence-electron chi connectivity index (χ1n) is 4.92. The van der Waals surface area contributed by atoms with Gasteiger partial charge in [0, 0.05) is 5.56 Å². The van der Waals surface area contributed by atoms with Crippen molar-refractivity contribution in [3.05, 3.63) is 27.4 Å². The van der Waals surface area contributed by atoms with Crippen molar-refractivity contribution >= 4 is 5.97 Å². The zero-order chi connectivity index (χ0) is 11.0. The normalized spacial score (nSPS) is 19.7. The van der Waals surface area contributed by atoms with Crippen LogP contribution in [0.25, 0.3) is 0 Å². The van der Waals surface area contributed by atoms with Crippen LogP contribution in [0.15, 0.2) is 4.79 Å². The minimum atomic E-state index is -0.895. The second-order valence-electron chi connectivity index (χ2n) is 3.80. The number of hydrogen-bond acceptors (Lipinski definition) is 3. The van der Waals surface area contributed by atoms with Crippen LogP contribution in [0.2, 0.25) is 0 Å². The summed E-state index contributed by atoms with van der Waals surface area (Å²) in [6, 6.07) is 0. The molecule has 0 saturated carbocycles. The predicted molar refractivity (Wildman–Crippen MR) is 52.9 cm³/mol. The Balaban J connectivity index is 2.60. The Morgan fingerprint density at radius 2 is 2.33 bits per heavy atom. The quantitative estimate of drug-likeness (QED) is 0.707. The number of fused-ring (bicyclic) bond motifs is 1. The number of H-pyrrole nitrogens is 1. The molecular weight excluding hydrogens is 196 g/mol. The van der Waals surface area contributed by atoms with Crippen LogP contribution in [0.1, 0.15) is 35.8 Å². The molecule has 1 atom stereocenters. The average Bonchev–Trinajstić information content (AvgIpc) is 2.16. The number of aliphatic carboxylic acids is 1. The fourth-order valence-electron chi connectivity index (χ4n) is 2.02. The monoisotopic (exact) mass is 208 g/mol. The number of hydrogen-bond donors (Lipinski definition) is 2. The summed E-state index contributed by atoms with van der Waals surface area (Å²) in [5.74, 6) is -1.03. The molecule has 1 aliphatic rings. The molecule has 15 heavy (non-hydrogen) atoms. The Labute approximate surface area is 86.2 Å². The number of carbonyl (C=O) groups is 1. The van der Waals surface area contributed by atoms with Crippen LogP contribution in [-0.4, -0.2) is 21.0 Å². The minimum Gasteiger partial charge on any atom is -0.481 e. The fourth-order valence-corrected chi connectivity index (χ4v) is 2.02. The molecule has 0 amide bonds. The molecule has 80 valence electrons. The van der Waals surface area contributed by atoms with E-state index >= 15 is 0 Å². The van der Waals surface area contributed by atoms with E-state index in [2.05, 4.69) is 9.97 Å². The first kappa shape index (κ1) is 9.89. The SMILES string of the molecule is Cc1nc2c(c(=O)[nH]1)CCCC2C(=O)O. The van der Waals surface area contributed by atoms with E-state index in [1.54, 1.807) is 6.92 Å². The molecule has 1 aliphatic carbocycles. The first-order valence-corrected chi connectivity index (χ1v) is 4.92. The van der Waals surface area contributed by atoms with E-state index in [1.165, 1.54) is 0 Å². The number of carboxylic acids is 1. The Kier molecular flexibility index (Phi) is 2.30. The molecule has 0 aliphatic heterocycles. The fraction of sp³-hybridized carbons (Fsp3) is 0.500. The molecule has 1 aromatic rings. The van der Waals surface area contributed by atoms with Gasteiger partial charge < -0.3 is 10.1 Å². The lowest BCUT2D eigenvalue weighted by Crippen LogP contribution is -2.27. The summed E-state index contributed by atoms with van der Waals surface area (Å²) in [7, 11) is 0. The molecule has 0 fully saturated rings. The molecule has 2 N–H and O–H groups in total. The maximum Gasteiger partial charge on any atom is 0.312 e. The molecule has 0 saturated heterocycles. The highest BCUT2D eigenvalue weighted by molar-refractivity contribution is 5.76. The van der Waals surface area contributed by atoms with Crippen molar-refractivity contribution in [2.75, 3.05) is 0 Å². The van der Waals surface area contributed by atoms with Crippen LogP contribution in [0.3, 0.4) is 0 Å². The van der Waals surface area contributed by atoms with Gasteiger partial charge in [0.15, 0.2) is 0 Å². The van der Waals surface area contributed by atoms with Gasteiger partial charge in [-0.1, -0.05) is 0 Å². The topological polar surface area (TPSA) is 83.0 Å². The zero-order valence-electron chi connectivity index (χ0n) is 8.41. The third kappa shape index (κ3) is 1.65. The molecule has 1 heterocycles. The van der Waals surface area contributed by atoms with E-state index in [0.29, 0.717) is 29.9 Å². The zero-order valence-corrected chi connectivity index (χ0v) is 8.41. The second kappa shape index (κ2) is 3.49. The summed E-state index contributed by atoms with van der Waals surface area (Å²) in [5, 5.41) is 9.01. The summed E-state index contributed by atoms with van der Waals surface area (Å²) >= 11 is 0. The summed E-state index contributed by atoms with van der Waals surface area (Å²) in [6.07, 6.45) is 1.93. The number of carboxylic acid groups (broad SMARTS) is 1. The molecule has 0 radical (unpaired) electrons. The van der Waals surface area contributed by atoms with Crippen LogP contribution in [-0.2, 0) is 11.2 Å². The van der Waals surface area contributed by atoms with Crippen LogP contribution >= 0.6 is 0 Å². The molecule has 2 rings (SSSR count). The van der Waals surface area contributed by atoms with Gasteiger partial charge in [-0.2, -0.15) is 0 Å². The lowest BCUT2D eigenvalue weighted by Gasteiger charge is -2.20. The van der Waals surface area contributed by atoms with E-state index < -0.39 is 11.9 Å². The predicted octanol–water partition coefficient (Wildman–Crippen LogP) is 0.583. The Morgan fingerprint density at radius 3 is 3.00 bits per heavy atom. The van der Waals surface area contributed by atoms with Crippen molar-refractivity contribution in [3.63, 3.8) is 0 Å². The van der Waals surface area contributed by atoms with Crippen molar-refractivity contribution in [3.8, 4) is 0 Å². The van der Waals surface area contributed by atoms with Crippen LogP contribution < -0.4 is 5.56 Å². The summed E-state index contributed by atoms with van der Waals surface area (Å²) in [4.78, 5) is 29.3. The number of nitrogens with zero attached hydrogens (tertiary/aromatic N) is 1. The lowest BCUT2D eigenvalue weighted by atomic mass is 9.87. The van der Waals surface area contributed by atoms with Gasteiger partial charge in [0.1, 0.15) is 5.82 Å². The van der Waals surface area contributed by atoms with Gasteiger partial charge in [-0.25, -0.2) is 4.98 Å². The number of nitrogens with one attached hydrogen (secondary N) is 1. The molecule has 0 spiro atoms. The number of aryl methyl sites for hydroxylation is 1. The standard InChI is InChI=1S/C10H12N2O3/c1-5-11-8-6(9(13)12-5)3-2-4-7(8)10(14)15/h7H,2-4H2,1H3,(H,14,15)(H,11,12,13). The summed E-state index contributed by atoms with van der Waals surface area (Å²) < 4.78 is 0. The highest BCUT2D eigenvalue weighted by Gasteiger charge is 2.29. The smallest absolute Gasteiger partial charge is 0.312 e. The largest absolute Gasteiger partial charge is 0.481 e. The van der Waals surface area contributed by atoms with Gasteiger partial charge in [0.25, 0.3) is 5.56 Å². The minimum absolute atomic E-state index is 0.191. The van der Waals surface area contributed by atoms with Crippen molar-refractivity contribution in [2.24, 2.45) is 0 Å². The second-order valence-corrected chi connectivity index (χ2v) is 3.80. The van der Waals surface area contributed by atoms with Gasteiger partial charge >= 0.3 is 5.97 Å². The van der Waals surface area contributed by atoms with E-state index in [4.69, 9.17) is 5.11 Å². The molecule has 0 aromatic carbocycles. The molecule has 5 heteroatoms. The van der Waals surface area contributed by atoms with Gasteiger partial charge in [-0.05, 0) is 26.2 Å². The van der Waals surface area contributed by atoms with Crippen molar-refractivity contribution in [2.45, 2.75) is 32.1 Å². The van der Waals surface area contributed by atoms with Crippen molar-refractivity contribution in [1.82, 2.24) is 9.97 Å². The maximum absolute atomic E-state index is 11.6. The van der Waals surface area contributed by atoms with Crippen LogP contribution in [0.5, 0.6) is 0 Å². The molecule has 1 unspecified atom stereocenters. The van der Waals surface area contributed by atoms with Crippen molar-refractivity contribution < 1.29 is 9.90 Å². The third-order valence-electron chi connectivity index (χ3n) is 2.71. The molecular formula is C10H12N2O3. The third-order valence-corrected chi connectivity index (χ3v) is 2.71. The van der Waals surface area contributed by atoms with E-state index in [0.717, 1.165) is 6.42 Å². The number of rotatable bonds is 1. The first-order chi connectivity index (χ1) is 7.09. The molecule has 1 aromatic heterocycles. The van der Waals surface area contributed by atoms with Crippen molar-refractivity contribution in [1.29, 1.82) is 0 Å². The van der Waals surface area contributed by atoms with Gasteiger partial charge in [-0.15, -0.1) is 0 Å². The molecule has 0 bridgehead atoms. The van der Waals surface area contributed by atoms with E-state index in [-0.39, 0.29) is 5.56 Å². The van der Waals surface area contributed by atoms with E-state index in [9.17, 15) is 9.59 Å². The van der Waals surface area contributed by atoms with Gasteiger partial charge in [0.05, 0.1) is 11.6 Å². The maximum atomic E-state index is 11.6. The Bertz CT molecular complexity index is 464. The van der Waals surface area contributed by atoms with Gasteiger partial charge in [0.2, 0.25) is 0 Å². The number of aromatic amines is 1. The Morgan fingerprint density at radius 1 is 1.60 bits per heavy atom. The van der Waals surface area contributed by atoms with Crippen LogP contribution in [0.4, 0.5) is 0 Å². The van der Waals surface area contributed by atoms with Gasteiger partial charge in [-0.3, -0.25) is 9.59 Å². The highest BCUT2D eigenvalue weighted by atomic mass is 16.4. The Hall–Kier alpha value is -1.65. The van der Waals surface area contributed by atoms with Crippen LogP contribution in [0, 0.1) is 6.92 Å². The number of aromatic nitrogens is 2. The summed E-state index contributed by atoms with van der Waals surface area (Å²) in [6.45, 7) is 1.66. The summed E-state index contributed by atoms with van der Waals surface area (Å²) in [5.41, 5.74) is 0.803. The molecule has 5 nitrogen and oxygen atoms in total.